The third-order valence-electron chi connectivity index (χ3n) is 4.93. The number of nitrogen functional groups attached to an aromatic ring is 1. The average molecular weight is 449 g/mol. The first-order chi connectivity index (χ1) is 14.4. The number of rotatable bonds is 5. The summed E-state index contributed by atoms with van der Waals surface area (Å²) in [7, 11) is 0. The predicted molar refractivity (Wildman–Crippen MR) is 118 cm³/mol. The molecule has 1 saturated heterocycles. The van der Waals surface area contributed by atoms with E-state index in [9.17, 15) is 9.00 Å². The van der Waals surface area contributed by atoms with E-state index in [1.165, 1.54) is 6.26 Å². The number of nitrogens with zero attached hydrogens (tertiary/aromatic N) is 4. The largest absolute Gasteiger partial charge is 0.351 e. The van der Waals surface area contributed by atoms with Gasteiger partial charge in [-0.05, 0) is 25.0 Å². The van der Waals surface area contributed by atoms with Crippen LogP contribution in [0.3, 0.4) is 0 Å². The number of hydroxylamine groups is 2. The monoisotopic (exact) mass is 448 g/mol. The van der Waals surface area contributed by atoms with E-state index in [1.54, 1.807) is 35.5 Å². The van der Waals surface area contributed by atoms with E-state index in [-0.39, 0.29) is 6.04 Å². The summed E-state index contributed by atoms with van der Waals surface area (Å²) in [5.41, 5.74) is 0.934. The van der Waals surface area contributed by atoms with Gasteiger partial charge >= 0.3 is 0 Å². The molecular formula is C19H21ClN6O3S. The summed E-state index contributed by atoms with van der Waals surface area (Å²) >= 11 is 4.92. The third kappa shape index (κ3) is 4.31. The minimum absolute atomic E-state index is 0.132. The van der Waals surface area contributed by atoms with E-state index in [4.69, 9.17) is 21.7 Å². The van der Waals surface area contributed by atoms with Crippen molar-refractivity contribution in [2.75, 3.05) is 30.5 Å². The fourth-order valence-electron chi connectivity index (χ4n) is 3.47. The van der Waals surface area contributed by atoms with Crippen LogP contribution in [0.1, 0.15) is 12.8 Å². The summed E-state index contributed by atoms with van der Waals surface area (Å²) in [5.74, 6) is 6.46. The first-order valence-electron chi connectivity index (χ1n) is 9.38. The zero-order valence-electron chi connectivity index (χ0n) is 16.2. The van der Waals surface area contributed by atoms with Crippen molar-refractivity contribution in [3.8, 4) is 11.1 Å². The van der Waals surface area contributed by atoms with Crippen LogP contribution in [0.25, 0.3) is 22.2 Å². The van der Waals surface area contributed by atoms with E-state index in [0.717, 1.165) is 17.5 Å². The lowest BCUT2D eigenvalue weighted by Crippen LogP contribution is -2.39. The van der Waals surface area contributed by atoms with Crippen LogP contribution >= 0.6 is 11.6 Å². The quantitative estimate of drug-likeness (QED) is 0.569. The highest BCUT2D eigenvalue weighted by atomic mass is 35.5. The number of pyridine rings is 1. The fraction of sp³-hybridized carbons (Fsp3) is 0.316. The number of halogens is 1. The maximum Gasteiger partial charge on any atom is 0.278 e. The molecule has 3 heterocycles. The molecule has 0 saturated carbocycles. The molecule has 11 heteroatoms. The van der Waals surface area contributed by atoms with Crippen LogP contribution in [0, 0.1) is 0 Å². The Bertz CT molecular complexity index is 1160. The number of aromatic nitrogens is 3. The molecule has 1 aromatic carbocycles. The maximum absolute atomic E-state index is 12.8. The van der Waals surface area contributed by atoms with E-state index in [1.807, 2.05) is 6.07 Å². The van der Waals surface area contributed by atoms with Crippen LogP contribution in [-0.4, -0.2) is 49.3 Å². The topological polar surface area (TPSA) is 115 Å². The summed E-state index contributed by atoms with van der Waals surface area (Å²) in [6, 6.07) is 8.93. The van der Waals surface area contributed by atoms with Gasteiger partial charge < -0.3 is 11.2 Å². The van der Waals surface area contributed by atoms with E-state index in [2.05, 4.69) is 15.3 Å². The number of anilines is 1. The molecule has 0 aliphatic carbocycles. The van der Waals surface area contributed by atoms with Gasteiger partial charge in [-0.2, -0.15) is 14.3 Å². The normalized spacial score (nSPS) is 16.6. The highest BCUT2D eigenvalue weighted by Crippen LogP contribution is 2.27. The summed E-state index contributed by atoms with van der Waals surface area (Å²) in [6.45, 7) is 1.29. The maximum atomic E-state index is 12.8. The lowest BCUT2D eigenvalue weighted by molar-refractivity contribution is -0.0606. The van der Waals surface area contributed by atoms with Gasteiger partial charge in [-0.3, -0.25) is 4.79 Å². The van der Waals surface area contributed by atoms with Crippen LogP contribution in [0.2, 0.25) is 5.02 Å². The van der Waals surface area contributed by atoms with Gasteiger partial charge in [0.05, 0.1) is 5.56 Å². The van der Waals surface area contributed by atoms with Crippen LogP contribution < -0.4 is 16.7 Å². The first-order valence-corrected chi connectivity index (χ1v) is 11.2. The standard InChI is InChI=1S/C19H21ClN6O3S/c1-30(28)29-25-8-6-13(7-9-25)23-19-22-11-12-10-15(14-4-2-3-5-16(14)20)18(27)26(21)17(12)24-19/h2-5,10-11,13H,6-9,21H2,1H3,(H,22,23,24). The molecular weight excluding hydrogens is 428 g/mol. The molecule has 1 unspecified atom stereocenters. The number of nitrogens with one attached hydrogen (secondary N) is 1. The van der Waals surface area contributed by atoms with Gasteiger partial charge in [0.15, 0.2) is 16.7 Å². The Labute approximate surface area is 180 Å². The second-order valence-corrected chi connectivity index (χ2v) is 8.37. The number of nitrogens with two attached hydrogens (primary N) is 1. The zero-order valence-corrected chi connectivity index (χ0v) is 17.8. The molecule has 3 aromatic rings. The summed E-state index contributed by atoms with van der Waals surface area (Å²) in [4.78, 5) is 21.6. The molecule has 30 heavy (non-hydrogen) atoms. The Morgan fingerprint density at radius 2 is 2.00 bits per heavy atom. The van der Waals surface area contributed by atoms with Crippen molar-refractivity contribution < 1.29 is 8.49 Å². The molecule has 4 rings (SSSR count). The van der Waals surface area contributed by atoms with Crippen LogP contribution in [0.5, 0.6) is 0 Å². The number of benzene rings is 1. The van der Waals surface area contributed by atoms with Crippen molar-refractivity contribution in [1.29, 1.82) is 0 Å². The lowest BCUT2D eigenvalue weighted by Gasteiger charge is -2.30. The fourth-order valence-corrected chi connectivity index (χ4v) is 4.15. The smallest absolute Gasteiger partial charge is 0.278 e. The van der Waals surface area contributed by atoms with Crippen molar-refractivity contribution in [3.63, 3.8) is 0 Å². The molecule has 1 aliphatic rings. The van der Waals surface area contributed by atoms with Gasteiger partial charge in [-0.15, -0.1) is 0 Å². The minimum Gasteiger partial charge on any atom is -0.351 e. The predicted octanol–water partition coefficient (Wildman–Crippen LogP) is 1.93. The zero-order chi connectivity index (χ0) is 21.3. The third-order valence-corrected chi connectivity index (χ3v) is 5.69. The summed E-state index contributed by atoms with van der Waals surface area (Å²) in [6.07, 6.45) is 4.68. The second kappa shape index (κ2) is 8.68. The molecule has 3 N–H and O–H groups in total. The lowest BCUT2D eigenvalue weighted by atomic mass is 10.1. The summed E-state index contributed by atoms with van der Waals surface area (Å²) in [5, 5.41) is 6.07. The van der Waals surface area contributed by atoms with Gasteiger partial charge in [0, 0.05) is 47.6 Å². The molecule has 0 amide bonds. The van der Waals surface area contributed by atoms with Crippen molar-refractivity contribution in [2.45, 2.75) is 18.9 Å². The Hall–Kier alpha value is -2.53. The first kappa shape index (κ1) is 20.7. The molecule has 0 bridgehead atoms. The number of fused-ring (bicyclic) bond motifs is 1. The van der Waals surface area contributed by atoms with Crippen molar-refractivity contribution in [3.05, 3.63) is 51.9 Å². The van der Waals surface area contributed by atoms with Gasteiger partial charge in [-0.25, -0.2) is 13.9 Å². The molecule has 9 nitrogen and oxygen atoms in total. The Morgan fingerprint density at radius 3 is 2.70 bits per heavy atom. The van der Waals surface area contributed by atoms with Crippen molar-refractivity contribution >= 4 is 39.7 Å². The Morgan fingerprint density at radius 1 is 1.27 bits per heavy atom. The highest BCUT2D eigenvalue weighted by molar-refractivity contribution is 7.79. The Kier molecular flexibility index (Phi) is 6.00. The van der Waals surface area contributed by atoms with E-state index < -0.39 is 16.6 Å². The van der Waals surface area contributed by atoms with Crippen molar-refractivity contribution in [2.24, 2.45) is 0 Å². The SMILES string of the molecule is CS(=O)ON1CCC(Nc2ncc3cc(-c4ccccc4Cl)c(=O)n(N)c3n2)CC1. The Balaban J connectivity index is 1.57. The second-order valence-electron chi connectivity index (χ2n) is 7.01. The van der Waals surface area contributed by atoms with Crippen LogP contribution in [-0.2, 0) is 15.4 Å². The molecule has 0 radical (unpaired) electrons. The highest BCUT2D eigenvalue weighted by Gasteiger charge is 2.22. The van der Waals surface area contributed by atoms with Gasteiger partial charge in [0.25, 0.3) is 5.56 Å². The van der Waals surface area contributed by atoms with Crippen LogP contribution in [0.15, 0.2) is 41.3 Å². The molecule has 0 spiro atoms. The molecule has 158 valence electrons. The van der Waals surface area contributed by atoms with Gasteiger partial charge in [0.1, 0.15) is 0 Å². The van der Waals surface area contributed by atoms with Crippen LogP contribution in [0.4, 0.5) is 5.95 Å². The van der Waals surface area contributed by atoms with Gasteiger partial charge in [0.2, 0.25) is 5.95 Å². The minimum atomic E-state index is -1.32. The average Bonchev–Trinajstić information content (AvgIpc) is 2.73. The number of hydrogen-bond donors (Lipinski definition) is 2. The molecule has 1 aliphatic heterocycles. The molecule has 1 fully saturated rings. The number of hydrogen-bond acceptors (Lipinski definition) is 8. The van der Waals surface area contributed by atoms with Crippen molar-refractivity contribution in [1.82, 2.24) is 19.7 Å². The van der Waals surface area contributed by atoms with E-state index in [0.29, 0.717) is 46.2 Å². The summed E-state index contributed by atoms with van der Waals surface area (Å²) < 4.78 is 17.4. The number of piperidine rings is 1. The molecule has 1 atom stereocenters. The van der Waals surface area contributed by atoms with Gasteiger partial charge in [-0.1, -0.05) is 29.8 Å². The molecule has 2 aromatic heterocycles. The van der Waals surface area contributed by atoms with E-state index >= 15 is 0 Å².